The number of benzene rings is 3. The number of likely N-dealkylation sites (N-methyl/N-ethyl adjacent to an activating group) is 1. The maximum atomic E-state index is 12.6. The number of aromatic nitrogens is 1. The summed E-state index contributed by atoms with van der Waals surface area (Å²) in [5, 5.41) is 3.33. The first-order chi connectivity index (χ1) is 12.2. The van der Waals surface area contributed by atoms with Crippen LogP contribution in [0.2, 0.25) is 0 Å². The molecule has 0 unspecified atom stereocenters. The molecule has 1 aromatic heterocycles. The predicted molar refractivity (Wildman–Crippen MR) is 104 cm³/mol. The molecule has 0 N–H and O–H groups in total. The number of amides is 1. The molecular weight excluding hydrogens is 328 g/mol. The molecule has 4 rings (SSSR count). The van der Waals surface area contributed by atoms with Crippen molar-refractivity contribution in [2.75, 3.05) is 7.05 Å². The van der Waals surface area contributed by atoms with Crippen LogP contribution in [0.25, 0.3) is 21.0 Å². The number of nitrogens with zero attached hydrogens (tertiary/aromatic N) is 2. The molecule has 0 aliphatic carbocycles. The van der Waals surface area contributed by atoms with Gasteiger partial charge in [-0.3, -0.25) is 4.79 Å². The van der Waals surface area contributed by atoms with E-state index in [-0.39, 0.29) is 5.91 Å². The molecule has 0 radical (unpaired) electrons. The summed E-state index contributed by atoms with van der Waals surface area (Å²) >= 11 is 1.65. The van der Waals surface area contributed by atoms with Crippen molar-refractivity contribution in [3.05, 3.63) is 77.3 Å². The first-order valence-electron chi connectivity index (χ1n) is 8.25. The van der Waals surface area contributed by atoms with Crippen molar-refractivity contribution in [3.63, 3.8) is 0 Å². The van der Waals surface area contributed by atoms with Crippen molar-refractivity contribution >= 4 is 38.2 Å². The summed E-state index contributed by atoms with van der Waals surface area (Å²) in [6.07, 6.45) is 0.409. The Kier molecular flexibility index (Phi) is 4.20. The Morgan fingerprint density at radius 2 is 1.76 bits per heavy atom. The molecule has 0 fully saturated rings. The average Bonchev–Trinajstić information content (AvgIpc) is 3.03. The Hall–Kier alpha value is -2.72. The average molecular weight is 346 g/mol. The number of hydrogen-bond donors (Lipinski definition) is 0. The molecular formula is C21H18N2OS. The third kappa shape index (κ3) is 3.39. The topological polar surface area (TPSA) is 33.2 Å². The van der Waals surface area contributed by atoms with Gasteiger partial charge in [-0.2, -0.15) is 0 Å². The molecule has 25 heavy (non-hydrogen) atoms. The van der Waals surface area contributed by atoms with Crippen LogP contribution in [-0.2, 0) is 17.8 Å². The molecule has 0 aliphatic heterocycles. The van der Waals surface area contributed by atoms with E-state index in [0.717, 1.165) is 20.8 Å². The lowest BCUT2D eigenvalue weighted by Gasteiger charge is -2.15. The van der Waals surface area contributed by atoms with Crippen LogP contribution >= 0.6 is 11.3 Å². The van der Waals surface area contributed by atoms with E-state index in [0.29, 0.717) is 13.0 Å². The third-order valence-corrected chi connectivity index (χ3v) is 5.33. The second-order valence-corrected chi connectivity index (χ2v) is 7.30. The van der Waals surface area contributed by atoms with Crippen LogP contribution in [0.1, 0.15) is 10.6 Å². The van der Waals surface area contributed by atoms with Crippen LogP contribution in [0.3, 0.4) is 0 Å². The zero-order chi connectivity index (χ0) is 17.2. The quantitative estimate of drug-likeness (QED) is 0.539. The summed E-state index contributed by atoms with van der Waals surface area (Å²) in [5.41, 5.74) is 2.04. The number of thiazole rings is 1. The van der Waals surface area contributed by atoms with Crippen LogP contribution in [0.15, 0.2) is 66.7 Å². The van der Waals surface area contributed by atoms with Crippen LogP contribution in [0.4, 0.5) is 0 Å². The minimum absolute atomic E-state index is 0.106. The monoisotopic (exact) mass is 346 g/mol. The van der Waals surface area contributed by atoms with E-state index >= 15 is 0 Å². The molecule has 0 saturated carbocycles. The van der Waals surface area contributed by atoms with Gasteiger partial charge in [-0.25, -0.2) is 4.98 Å². The fraction of sp³-hybridized carbons (Fsp3) is 0.143. The van der Waals surface area contributed by atoms with Crippen molar-refractivity contribution < 1.29 is 4.79 Å². The third-order valence-electron chi connectivity index (χ3n) is 4.31. The smallest absolute Gasteiger partial charge is 0.227 e. The van der Waals surface area contributed by atoms with Crippen molar-refractivity contribution in [2.45, 2.75) is 13.0 Å². The summed E-state index contributed by atoms with van der Waals surface area (Å²) in [6, 6.07) is 22.5. The van der Waals surface area contributed by atoms with Crippen LogP contribution < -0.4 is 0 Å². The van der Waals surface area contributed by atoms with E-state index in [4.69, 9.17) is 0 Å². The van der Waals surface area contributed by atoms with Crippen molar-refractivity contribution in [1.82, 2.24) is 9.88 Å². The van der Waals surface area contributed by atoms with Crippen LogP contribution in [-0.4, -0.2) is 22.8 Å². The molecule has 0 bridgehead atoms. The second-order valence-electron chi connectivity index (χ2n) is 6.18. The fourth-order valence-electron chi connectivity index (χ4n) is 2.94. The van der Waals surface area contributed by atoms with Crippen molar-refractivity contribution in [1.29, 1.82) is 0 Å². The minimum atomic E-state index is 0.106. The number of carbonyl (C=O) groups is 1. The van der Waals surface area contributed by atoms with E-state index in [1.807, 2.05) is 43.4 Å². The zero-order valence-electron chi connectivity index (χ0n) is 14.0. The predicted octanol–water partition coefficient (Wildman–Crippen LogP) is 4.65. The molecule has 1 amide bonds. The van der Waals surface area contributed by atoms with E-state index in [1.54, 1.807) is 16.2 Å². The molecule has 124 valence electrons. The van der Waals surface area contributed by atoms with Gasteiger partial charge in [-0.05, 0) is 28.5 Å². The van der Waals surface area contributed by atoms with Gasteiger partial charge in [-0.1, -0.05) is 54.6 Å². The molecule has 3 nitrogen and oxygen atoms in total. The first-order valence-corrected chi connectivity index (χ1v) is 9.07. The molecule has 0 spiro atoms. The van der Waals surface area contributed by atoms with Gasteiger partial charge >= 0.3 is 0 Å². The number of para-hydroxylation sites is 1. The summed E-state index contributed by atoms with van der Waals surface area (Å²) in [7, 11) is 1.84. The number of fused-ring (bicyclic) bond motifs is 2. The highest BCUT2D eigenvalue weighted by Gasteiger charge is 2.13. The van der Waals surface area contributed by atoms with E-state index in [9.17, 15) is 4.79 Å². The molecule has 0 atom stereocenters. The van der Waals surface area contributed by atoms with Crippen LogP contribution in [0, 0.1) is 0 Å². The largest absolute Gasteiger partial charge is 0.339 e. The van der Waals surface area contributed by atoms with Gasteiger partial charge in [-0.15, -0.1) is 11.3 Å². The molecule has 3 aromatic carbocycles. The van der Waals surface area contributed by atoms with Gasteiger partial charge < -0.3 is 4.90 Å². The lowest BCUT2D eigenvalue weighted by molar-refractivity contribution is -0.129. The lowest BCUT2D eigenvalue weighted by atomic mass is 10.0. The second kappa shape index (κ2) is 6.65. The number of hydrogen-bond acceptors (Lipinski definition) is 3. The Morgan fingerprint density at radius 1 is 1.00 bits per heavy atom. The van der Waals surface area contributed by atoms with Gasteiger partial charge in [0.05, 0.1) is 23.2 Å². The Bertz CT molecular complexity index is 1020. The number of carbonyl (C=O) groups excluding carboxylic acids is 1. The summed E-state index contributed by atoms with van der Waals surface area (Å²) < 4.78 is 1.16. The maximum absolute atomic E-state index is 12.6. The van der Waals surface area contributed by atoms with Crippen molar-refractivity contribution in [3.8, 4) is 0 Å². The Morgan fingerprint density at radius 3 is 2.60 bits per heavy atom. The number of rotatable bonds is 4. The highest BCUT2D eigenvalue weighted by atomic mass is 32.1. The molecule has 4 aromatic rings. The maximum Gasteiger partial charge on any atom is 0.227 e. The lowest BCUT2D eigenvalue weighted by Crippen LogP contribution is -2.27. The van der Waals surface area contributed by atoms with E-state index in [1.165, 1.54) is 10.8 Å². The van der Waals surface area contributed by atoms with Gasteiger partial charge in [0.1, 0.15) is 5.01 Å². The minimum Gasteiger partial charge on any atom is -0.339 e. The van der Waals surface area contributed by atoms with Crippen LogP contribution in [0.5, 0.6) is 0 Å². The van der Waals surface area contributed by atoms with Gasteiger partial charge in [0.25, 0.3) is 0 Å². The molecule has 1 heterocycles. The summed E-state index contributed by atoms with van der Waals surface area (Å²) in [4.78, 5) is 18.9. The van der Waals surface area contributed by atoms with Gasteiger partial charge in [0.2, 0.25) is 5.91 Å². The van der Waals surface area contributed by atoms with E-state index in [2.05, 4.69) is 35.3 Å². The first kappa shape index (κ1) is 15.8. The van der Waals surface area contributed by atoms with Crippen molar-refractivity contribution in [2.24, 2.45) is 0 Å². The Labute approximate surface area is 150 Å². The molecule has 0 aliphatic rings. The fourth-order valence-corrected chi connectivity index (χ4v) is 3.96. The molecule has 4 heteroatoms. The highest BCUT2D eigenvalue weighted by molar-refractivity contribution is 7.18. The zero-order valence-corrected chi connectivity index (χ0v) is 14.8. The Balaban J connectivity index is 1.47. The van der Waals surface area contributed by atoms with Gasteiger partial charge in [0, 0.05) is 7.05 Å². The summed E-state index contributed by atoms with van der Waals surface area (Å²) in [6.45, 7) is 0.547. The highest BCUT2D eigenvalue weighted by Crippen LogP contribution is 2.22. The normalized spacial score (nSPS) is 11.1. The molecule has 0 saturated heterocycles. The van der Waals surface area contributed by atoms with E-state index < -0.39 is 0 Å². The van der Waals surface area contributed by atoms with Gasteiger partial charge in [0.15, 0.2) is 0 Å². The standard InChI is InChI=1S/C21H18N2OS/c1-23(14-20-22-18-8-4-5-9-19(18)25-20)21(24)13-15-10-11-16-6-2-3-7-17(16)12-15/h2-12H,13-14H2,1H3. The summed E-state index contributed by atoms with van der Waals surface area (Å²) in [5.74, 6) is 0.106. The SMILES string of the molecule is CN(Cc1nc2ccccc2s1)C(=O)Cc1ccc2ccccc2c1.